The summed E-state index contributed by atoms with van der Waals surface area (Å²) < 4.78 is 7.47. The lowest BCUT2D eigenvalue weighted by Gasteiger charge is -2.12. The van der Waals surface area contributed by atoms with Gasteiger partial charge in [0.15, 0.2) is 5.65 Å². The van der Waals surface area contributed by atoms with E-state index >= 15 is 0 Å². The van der Waals surface area contributed by atoms with Gasteiger partial charge in [0, 0.05) is 11.8 Å². The third-order valence-electron chi connectivity index (χ3n) is 4.11. The molecule has 0 saturated heterocycles. The van der Waals surface area contributed by atoms with E-state index in [1.807, 2.05) is 53.1 Å². The van der Waals surface area contributed by atoms with Crippen LogP contribution in [0.25, 0.3) is 16.9 Å². The molecule has 0 radical (unpaired) electrons. The summed E-state index contributed by atoms with van der Waals surface area (Å²) in [6, 6.07) is 17.1. The van der Waals surface area contributed by atoms with Crippen LogP contribution in [-0.4, -0.2) is 27.4 Å². The molecule has 0 amide bonds. The molecule has 27 heavy (non-hydrogen) atoms. The van der Waals surface area contributed by atoms with E-state index in [0.29, 0.717) is 21.5 Å². The molecular formula is C20H15BrN4O2. The second-order valence-electron chi connectivity index (χ2n) is 5.78. The second kappa shape index (κ2) is 7.20. The molecule has 2 aromatic heterocycles. The summed E-state index contributed by atoms with van der Waals surface area (Å²) in [6.45, 7) is 0. The Kier molecular flexibility index (Phi) is 4.60. The van der Waals surface area contributed by atoms with E-state index in [9.17, 15) is 4.79 Å². The molecule has 0 spiro atoms. The van der Waals surface area contributed by atoms with Gasteiger partial charge in [-0.15, -0.1) is 0 Å². The third kappa shape index (κ3) is 3.29. The van der Waals surface area contributed by atoms with Gasteiger partial charge in [0.05, 0.1) is 24.6 Å². The molecule has 2 aromatic carbocycles. The fourth-order valence-corrected chi connectivity index (χ4v) is 3.16. The van der Waals surface area contributed by atoms with Crippen LogP contribution >= 0.6 is 15.9 Å². The van der Waals surface area contributed by atoms with Crippen molar-refractivity contribution in [2.75, 3.05) is 12.4 Å². The molecule has 4 rings (SSSR count). The molecule has 0 aliphatic carbocycles. The van der Waals surface area contributed by atoms with Crippen molar-refractivity contribution in [3.8, 4) is 11.3 Å². The van der Waals surface area contributed by atoms with E-state index in [2.05, 4.69) is 26.2 Å². The van der Waals surface area contributed by atoms with Gasteiger partial charge in [-0.05, 0) is 28.1 Å². The lowest BCUT2D eigenvalue weighted by atomic mass is 10.1. The Morgan fingerprint density at radius 3 is 2.63 bits per heavy atom. The molecule has 7 heteroatoms. The van der Waals surface area contributed by atoms with Crippen LogP contribution in [0.1, 0.15) is 10.4 Å². The van der Waals surface area contributed by atoms with Crippen LogP contribution < -0.4 is 5.32 Å². The SMILES string of the molecule is COC(=O)c1ccccc1Nc1c(-c2ccccc2)nc2cnc(Br)cn12. The van der Waals surface area contributed by atoms with E-state index in [0.717, 1.165) is 17.1 Å². The Hall–Kier alpha value is -3.19. The number of nitrogens with zero attached hydrogens (tertiary/aromatic N) is 3. The van der Waals surface area contributed by atoms with Gasteiger partial charge >= 0.3 is 5.97 Å². The zero-order valence-electron chi connectivity index (χ0n) is 14.4. The zero-order chi connectivity index (χ0) is 18.8. The van der Waals surface area contributed by atoms with Gasteiger partial charge in [0.25, 0.3) is 0 Å². The first kappa shape index (κ1) is 17.2. The highest BCUT2D eigenvalue weighted by Gasteiger charge is 2.18. The standard InChI is InChI=1S/C20H15BrN4O2/c1-27-20(26)14-9-5-6-10-15(14)23-19-18(13-7-3-2-4-8-13)24-17-11-22-16(21)12-25(17)19/h2-12,23H,1H3. The normalized spacial score (nSPS) is 10.7. The smallest absolute Gasteiger partial charge is 0.339 e. The monoisotopic (exact) mass is 422 g/mol. The van der Waals surface area contributed by atoms with E-state index in [-0.39, 0.29) is 0 Å². The van der Waals surface area contributed by atoms with Crippen molar-refractivity contribution in [1.82, 2.24) is 14.4 Å². The first-order valence-corrected chi connectivity index (χ1v) is 9.00. The maximum atomic E-state index is 12.1. The van der Waals surface area contributed by atoms with Gasteiger partial charge in [-0.2, -0.15) is 0 Å². The highest BCUT2D eigenvalue weighted by atomic mass is 79.9. The first-order valence-electron chi connectivity index (χ1n) is 8.21. The molecule has 0 aliphatic rings. The molecule has 2 heterocycles. The van der Waals surface area contributed by atoms with Gasteiger partial charge in [-0.25, -0.2) is 14.8 Å². The summed E-state index contributed by atoms with van der Waals surface area (Å²) in [4.78, 5) is 21.1. The number of nitrogens with one attached hydrogen (secondary N) is 1. The molecular weight excluding hydrogens is 408 g/mol. The number of imidazole rings is 1. The van der Waals surface area contributed by atoms with Crippen LogP contribution in [0.15, 0.2) is 71.6 Å². The van der Waals surface area contributed by atoms with Crippen molar-refractivity contribution >= 4 is 39.1 Å². The average molecular weight is 423 g/mol. The lowest BCUT2D eigenvalue weighted by molar-refractivity contribution is 0.0602. The number of hydrogen-bond donors (Lipinski definition) is 1. The van der Waals surface area contributed by atoms with Crippen molar-refractivity contribution in [2.24, 2.45) is 0 Å². The Labute approximate surface area is 164 Å². The fraction of sp³-hybridized carbons (Fsp3) is 0.0500. The number of hydrogen-bond acceptors (Lipinski definition) is 5. The summed E-state index contributed by atoms with van der Waals surface area (Å²) in [5, 5.41) is 3.36. The number of rotatable bonds is 4. The van der Waals surface area contributed by atoms with Crippen LogP contribution in [-0.2, 0) is 4.74 Å². The number of para-hydroxylation sites is 1. The van der Waals surface area contributed by atoms with E-state index in [4.69, 9.17) is 9.72 Å². The molecule has 0 unspecified atom stereocenters. The molecule has 0 fully saturated rings. The summed E-state index contributed by atoms with van der Waals surface area (Å²) in [7, 11) is 1.37. The van der Waals surface area contributed by atoms with Gasteiger partial charge in [0.1, 0.15) is 16.1 Å². The number of benzene rings is 2. The Morgan fingerprint density at radius 2 is 1.85 bits per heavy atom. The molecule has 0 aliphatic heterocycles. The third-order valence-corrected chi connectivity index (χ3v) is 4.52. The molecule has 6 nitrogen and oxygen atoms in total. The number of aromatic nitrogens is 3. The van der Waals surface area contributed by atoms with Crippen molar-refractivity contribution in [1.29, 1.82) is 0 Å². The number of fused-ring (bicyclic) bond motifs is 1. The Balaban J connectivity index is 1.91. The number of carbonyl (C=O) groups excluding carboxylic acids is 1. The molecule has 0 atom stereocenters. The number of halogens is 1. The largest absolute Gasteiger partial charge is 0.465 e. The number of anilines is 2. The summed E-state index contributed by atoms with van der Waals surface area (Å²) in [5.74, 6) is 0.326. The van der Waals surface area contributed by atoms with E-state index in [1.54, 1.807) is 18.3 Å². The molecule has 1 N–H and O–H groups in total. The van der Waals surface area contributed by atoms with E-state index < -0.39 is 5.97 Å². The topological polar surface area (TPSA) is 68.5 Å². The summed E-state index contributed by atoms with van der Waals surface area (Å²) in [6.07, 6.45) is 3.52. The fourth-order valence-electron chi connectivity index (χ4n) is 2.86. The predicted molar refractivity (Wildman–Crippen MR) is 107 cm³/mol. The minimum absolute atomic E-state index is 0.406. The van der Waals surface area contributed by atoms with Crippen molar-refractivity contribution in [3.63, 3.8) is 0 Å². The predicted octanol–water partition coefficient (Wildman–Crippen LogP) is 4.69. The minimum Gasteiger partial charge on any atom is -0.465 e. The van der Waals surface area contributed by atoms with E-state index in [1.165, 1.54) is 7.11 Å². The zero-order valence-corrected chi connectivity index (χ0v) is 16.0. The quantitative estimate of drug-likeness (QED) is 0.483. The highest BCUT2D eigenvalue weighted by Crippen LogP contribution is 2.32. The number of ether oxygens (including phenoxy) is 1. The lowest BCUT2D eigenvalue weighted by Crippen LogP contribution is -2.06. The molecule has 4 aromatic rings. The average Bonchev–Trinajstić information content (AvgIpc) is 3.06. The Morgan fingerprint density at radius 1 is 1.11 bits per heavy atom. The Bertz CT molecular complexity index is 1130. The number of carbonyl (C=O) groups is 1. The molecule has 0 bridgehead atoms. The highest BCUT2D eigenvalue weighted by molar-refractivity contribution is 9.10. The van der Waals surface area contributed by atoms with Crippen LogP contribution in [0.5, 0.6) is 0 Å². The summed E-state index contributed by atoms with van der Waals surface area (Å²) >= 11 is 3.40. The van der Waals surface area contributed by atoms with Crippen LogP contribution in [0, 0.1) is 0 Å². The van der Waals surface area contributed by atoms with Gasteiger partial charge < -0.3 is 10.1 Å². The maximum Gasteiger partial charge on any atom is 0.339 e. The summed E-state index contributed by atoms with van der Waals surface area (Å²) in [5.41, 5.74) is 3.49. The van der Waals surface area contributed by atoms with Gasteiger partial charge in [-0.3, -0.25) is 4.40 Å². The van der Waals surface area contributed by atoms with Crippen LogP contribution in [0.4, 0.5) is 11.5 Å². The van der Waals surface area contributed by atoms with Crippen molar-refractivity contribution < 1.29 is 9.53 Å². The first-order chi connectivity index (χ1) is 13.2. The van der Waals surface area contributed by atoms with Gasteiger partial charge in [0.2, 0.25) is 0 Å². The van der Waals surface area contributed by atoms with Crippen LogP contribution in [0.2, 0.25) is 0 Å². The van der Waals surface area contributed by atoms with Crippen molar-refractivity contribution in [3.05, 3.63) is 77.2 Å². The maximum absolute atomic E-state index is 12.1. The minimum atomic E-state index is -0.406. The van der Waals surface area contributed by atoms with Crippen molar-refractivity contribution in [2.45, 2.75) is 0 Å². The number of esters is 1. The second-order valence-corrected chi connectivity index (χ2v) is 6.59. The molecule has 0 saturated carbocycles. The molecule has 134 valence electrons. The number of methoxy groups -OCH3 is 1. The van der Waals surface area contributed by atoms with Gasteiger partial charge in [-0.1, -0.05) is 42.5 Å². The van der Waals surface area contributed by atoms with Crippen LogP contribution in [0.3, 0.4) is 0 Å².